The Balaban J connectivity index is 1.60. The predicted octanol–water partition coefficient (Wildman–Crippen LogP) is 2.38. The highest BCUT2D eigenvalue weighted by Gasteiger charge is 2.55. The maximum Gasteiger partial charge on any atom is 0.340 e. The number of esters is 1. The summed E-state index contributed by atoms with van der Waals surface area (Å²) in [6.07, 6.45) is 1.15. The summed E-state index contributed by atoms with van der Waals surface area (Å²) in [4.78, 5) is 54.9. The van der Waals surface area contributed by atoms with Gasteiger partial charge >= 0.3 is 12.0 Å². The summed E-state index contributed by atoms with van der Waals surface area (Å²) in [7, 11) is 0. The van der Waals surface area contributed by atoms with E-state index in [4.69, 9.17) is 4.74 Å². The van der Waals surface area contributed by atoms with Crippen molar-refractivity contribution < 1.29 is 23.9 Å². The Labute approximate surface area is 173 Å². The molecule has 1 fully saturated rings. The van der Waals surface area contributed by atoms with Crippen LogP contribution < -0.4 is 5.32 Å². The van der Waals surface area contributed by atoms with E-state index >= 15 is 0 Å². The van der Waals surface area contributed by atoms with Gasteiger partial charge in [0.15, 0.2) is 5.78 Å². The molecular weight excluding hydrogens is 386 g/mol. The Morgan fingerprint density at radius 2 is 1.93 bits per heavy atom. The number of urea groups is 1. The molecule has 8 heteroatoms. The molecule has 2 aliphatic rings. The minimum Gasteiger partial charge on any atom is -0.462 e. The van der Waals surface area contributed by atoms with Crippen molar-refractivity contribution in [3.63, 3.8) is 0 Å². The number of Topliss-reactive ketones (excluding diaryl/α,β-unsaturated/α-hetero) is 1. The average Bonchev–Trinajstić information content (AvgIpc) is 3.31. The van der Waals surface area contributed by atoms with Gasteiger partial charge in [-0.25, -0.2) is 9.59 Å². The molecular formula is C22H23N3O5. The number of carbonyl (C=O) groups is 4. The van der Waals surface area contributed by atoms with Gasteiger partial charge in [0.25, 0.3) is 5.91 Å². The molecule has 0 unspecified atom stereocenters. The van der Waals surface area contributed by atoms with E-state index < -0.39 is 35.8 Å². The zero-order chi connectivity index (χ0) is 21.6. The van der Waals surface area contributed by atoms with Gasteiger partial charge in [0, 0.05) is 5.69 Å². The highest BCUT2D eigenvalue weighted by molar-refractivity contribution is 6.12. The molecule has 0 radical (unpaired) electrons. The summed E-state index contributed by atoms with van der Waals surface area (Å²) in [5.74, 6) is -1.38. The number of amides is 3. The number of imide groups is 1. The lowest BCUT2D eigenvalue weighted by Crippen LogP contribution is -2.42. The quantitative estimate of drug-likeness (QED) is 0.448. The molecule has 1 aromatic heterocycles. The molecule has 0 saturated carbocycles. The molecule has 156 valence electrons. The van der Waals surface area contributed by atoms with Crippen LogP contribution in [0.5, 0.6) is 0 Å². The Morgan fingerprint density at radius 1 is 1.20 bits per heavy atom. The second-order valence-electron chi connectivity index (χ2n) is 7.65. The predicted molar refractivity (Wildman–Crippen MR) is 107 cm³/mol. The molecule has 1 saturated heterocycles. The fourth-order valence-corrected chi connectivity index (χ4v) is 4.49. The van der Waals surface area contributed by atoms with Crippen molar-refractivity contribution >= 4 is 23.7 Å². The highest BCUT2D eigenvalue weighted by Crippen LogP contribution is 2.41. The van der Waals surface area contributed by atoms with Crippen molar-refractivity contribution in [1.29, 1.82) is 0 Å². The zero-order valence-electron chi connectivity index (χ0n) is 17.1. The van der Waals surface area contributed by atoms with Gasteiger partial charge in [0.05, 0.1) is 24.4 Å². The number of carbonyl (C=O) groups excluding carboxylic acids is 4. The second kappa shape index (κ2) is 7.12. The van der Waals surface area contributed by atoms with Crippen LogP contribution in [0.15, 0.2) is 24.3 Å². The summed E-state index contributed by atoms with van der Waals surface area (Å²) >= 11 is 0. The lowest BCUT2D eigenvalue weighted by Gasteiger charge is -2.22. The smallest absolute Gasteiger partial charge is 0.340 e. The van der Waals surface area contributed by atoms with E-state index in [-0.39, 0.29) is 12.3 Å². The first kappa shape index (κ1) is 19.9. The van der Waals surface area contributed by atoms with Crippen LogP contribution in [0.2, 0.25) is 0 Å². The first-order valence-electron chi connectivity index (χ1n) is 9.92. The van der Waals surface area contributed by atoms with E-state index in [1.807, 2.05) is 24.3 Å². The number of ether oxygens (including phenoxy) is 1. The number of aromatic amines is 1. The standard InChI is InChI=1S/C22H23N3O5/c1-4-30-19(27)17-12(2)18(23-13(17)3)16(26)11-25-20(28)22(24-21(25)29)10-9-14-7-5-6-8-15(14)22/h5-8,23H,4,9-11H2,1-3H3,(H,24,29)/t22-/m0/s1. The van der Waals surface area contributed by atoms with Crippen molar-refractivity contribution in [3.05, 3.63) is 57.9 Å². The summed E-state index contributed by atoms with van der Waals surface area (Å²) in [5.41, 5.74) is 2.16. The Bertz CT molecular complexity index is 1090. The highest BCUT2D eigenvalue weighted by atomic mass is 16.5. The molecule has 1 aromatic carbocycles. The minimum atomic E-state index is -1.11. The average molecular weight is 409 g/mol. The van der Waals surface area contributed by atoms with Gasteiger partial charge in [0.2, 0.25) is 0 Å². The van der Waals surface area contributed by atoms with Gasteiger partial charge in [-0.05, 0) is 50.3 Å². The minimum absolute atomic E-state index is 0.198. The molecule has 1 atom stereocenters. The van der Waals surface area contributed by atoms with Crippen LogP contribution in [-0.4, -0.2) is 46.7 Å². The number of nitrogens with one attached hydrogen (secondary N) is 2. The zero-order valence-corrected chi connectivity index (χ0v) is 17.1. The van der Waals surface area contributed by atoms with Gasteiger partial charge in [-0.2, -0.15) is 0 Å². The van der Waals surface area contributed by atoms with Gasteiger partial charge in [-0.1, -0.05) is 24.3 Å². The van der Waals surface area contributed by atoms with Crippen molar-refractivity contribution in [2.45, 2.75) is 39.2 Å². The lowest BCUT2D eigenvalue weighted by molar-refractivity contribution is -0.131. The summed E-state index contributed by atoms with van der Waals surface area (Å²) in [5, 5.41) is 2.81. The number of nitrogens with zero attached hydrogens (tertiary/aromatic N) is 1. The van der Waals surface area contributed by atoms with E-state index in [0.717, 1.165) is 16.0 Å². The van der Waals surface area contributed by atoms with Crippen LogP contribution in [0.3, 0.4) is 0 Å². The molecule has 1 aliphatic carbocycles. The maximum atomic E-state index is 13.2. The molecule has 2 N–H and O–H groups in total. The van der Waals surface area contributed by atoms with E-state index in [0.29, 0.717) is 29.7 Å². The monoisotopic (exact) mass is 409 g/mol. The van der Waals surface area contributed by atoms with Crippen LogP contribution >= 0.6 is 0 Å². The summed E-state index contributed by atoms with van der Waals surface area (Å²) < 4.78 is 5.05. The van der Waals surface area contributed by atoms with Gasteiger partial charge in [-0.3, -0.25) is 14.5 Å². The third-order valence-electron chi connectivity index (χ3n) is 5.92. The molecule has 1 aliphatic heterocycles. The first-order chi connectivity index (χ1) is 14.3. The molecule has 30 heavy (non-hydrogen) atoms. The number of fused-ring (bicyclic) bond motifs is 2. The van der Waals surface area contributed by atoms with E-state index in [1.165, 1.54) is 0 Å². The summed E-state index contributed by atoms with van der Waals surface area (Å²) in [6, 6.07) is 6.94. The van der Waals surface area contributed by atoms with Gasteiger partial charge < -0.3 is 15.0 Å². The van der Waals surface area contributed by atoms with Crippen LogP contribution in [0.25, 0.3) is 0 Å². The van der Waals surface area contributed by atoms with Gasteiger partial charge in [0.1, 0.15) is 5.54 Å². The topological polar surface area (TPSA) is 109 Å². The van der Waals surface area contributed by atoms with E-state index in [9.17, 15) is 19.2 Å². The van der Waals surface area contributed by atoms with E-state index in [2.05, 4.69) is 10.3 Å². The maximum absolute atomic E-state index is 13.2. The molecule has 2 aromatic rings. The summed E-state index contributed by atoms with van der Waals surface area (Å²) in [6.45, 7) is 4.84. The number of rotatable bonds is 5. The number of hydrogen-bond acceptors (Lipinski definition) is 5. The fourth-order valence-electron chi connectivity index (χ4n) is 4.49. The molecule has 1 spiro atoms. The van der Waals surface area contributed by atoms with Gasteiger partial charge in [-0.15, -0.1) is 0 Å². The Morgan fingerprint density at radius 3 is 2.67 bits per heavy atom. The number of hydrogen-bond donors (Lipinski definition) is 2. The third-order valence-corrected chi connectivity index (χ3v) is 5.92. The lowest BCUT2D eigenvalue weighted by atomic mass is 9.92. The molecule has 8 nitrogen and oxygen atoms in total. The molecule has 4 rings (SSSR count). The molecule has 3 amide bonds. The Hall–Kier alpha value is -3.42. The number of benzene rings is 1. The van der Waals surface area contributed by atoms with Crippen LogP contribution in [-0.2, 0) is 21.5 Å². The van der Waals surface area contributed by atoms with Crippen molar-refractivity contribution in [3.8, 4) is 0 Å². The Kier molecular flexibility index (Phi) is 4.72. The van der Waals surface area contributed by atoms with Crippen molar-refractivity contribution in [2.24, 2.45) is 0 Å². The first-order valence-corrected chi connectivity index (χ1v) is 9.92. The number of ketones is 1. The number of aromatic nitrogens is 1. The molecule has 2 heterocycles. The van der Waals surface area contributed by atoms with Crippen LogP contribution in [0.1, 0.15) is 56.6 Å². The second-order valence-corrected chi connectivity index (χ2v) is 7.65. The number of H-pyrrole nitrogens is 1. The van der Waals surface area contributed by atoms with Crippen LogP contribution in [0, 0.1) is 13.8 Å². The third kappa shape index (κ3) is 2.82. The largest absolute Gasteiger partial charge is 0.462 e. The van der Waals surface area contributed by atoms with Crippen LogP contribution in [0.4, 0.5) is 4.79 Å². The fraction of sp³-hybridized carbons (Fsp3) is 0.364. The van der Waals surface area contributed by atoms with Crippen molar-refractivity contribution in [2.75, 3.05) is 13.2 Å². The van der Waals surface area contributed by atoms with E-state index in [1.54, 1.807) is 20.8 Å². The normalized spacial score (nSPS) is 19.9. The van der Waals surface area contributed by atoms with Crippen molar-refractivity contribution in [1.82, 2.24) is 15.2 Å². The molecule has 0 bridgehead atoms. The number of aryl methyl sites for hydroxylation is 2. The SMILES string of the molecule is CCOC(=O)c1c(C)[nH]c(C(=O)CN2C(=O)N[C@]3(CCc4ccccc43)C2=O)c1C.